The lowest BCUT2D eigenvalue weighted by Crippen LogP contribution is -2.15. The maximum atomic E-state index is 10.3. The fraction of sp³-hybridized carbons (Fsp3) is 0.750. The Labute approximate surface area is 97.2 Å². The molecule has 0 radical (unpaired) electrons. The lowest BCUT2D eigenvalue weighted by Gasteiger charge is -2.20. The molecule has 0 aromatic carbocycles. The van der Waals surface area contributed by atoms with Gasteiger partial charge in [-0.1, -0.05) is 20.3 Å². The fourth-order valence-electron chi connectivity index (χ4n) is 1.97. The van der Waals surface area contributed by atoms with E-state index in [1.807, 2.05) is 6.92 Å². The summed E-state index contributed by atoms with van der Waals surface area (Å²) in [6, 6.07) is 0. The lowest BCUT2D eigenvalue weighted by molar-refractivity contribution is 0.0999. The van der Waals surface area contributed by atoms with E-state index in [0.717, 1.165) is 25.1 Å². The van der Waals surface area contributed by atoms with Crippen molar-refractivity contribution in [1.29, 1.82) is 0 Å². The summed E-state index contributed by atoms with van der Waals surface area (Å²) in [7, 11) is 1.61. The number of hydrogen-bond acceptors (Lipinski definition) is 3. The summed E-state index contributed by atoms with van der Waals surface area (Å²) in [6.45, 7) is 6.93. The molecule has 1 heterocycles. The molecule has 0 saturated carbocycles. The second-order valence-electron chi connectivity index (χ2n) is 4.12. The average Bonchev–Trinajstić information content (AvgIpc) is 2.70. The SMILES string of the molecule is CCCC(C)C(O)c1c(OC)cnn1CC. The number of aromatic nitrogens is 2. The monoisotopic (exact) mass is 226 g/mol. The molecule has 16 heavy (non-hydrogen) atoms. The first-order chi connectivity index (χ1) is 7.65. The fourth-order valence-corrected chi connectivity index (χ4v) is 1.97. The molecule has 2 atom stereocenters. The van der Waals surface area contributed by atoms with E-state index in [2.05, 4.69) is 18.9 Å². The molecule has 0 bridgehead atoms. The summed E-state index contributed by atoms with van der Waals surface area (Å²) in [5.74, 6) is 0.901. The maximum absolute atomic E-state index is 10.3. The van der Waals surface area contributed by atoms with Crippen LogP contribution >= 0.6 is 0 Å². The van der Waals surface area contributed by atoms with Crippen molar-refractivity contribution in [1.82, 2.24) is 9.78 Å². The molecule has 0 aliphatic heterocycles. The van der Waals surface area contributed by atoms with Gasteiger partial charge in [0.2, 0.25) is 0 Å². The predicted octanol–water partition coefficient (Wildman–Crippen LogP) is 2.38. The second kappa shape index (κ2) is 5.89. The molecule has 4 heteroatoms. The third-order valence-corrected chi connectivity index (χ3v) is 2.93. The van der Waals surface area contributed by atoms with Crippen molar-refractivity contribution < 1.29 is 9.84 Å². The Kier molecular flexibility index (Phi) is 4.80. The summed E-state index contributed by atoms with van der Waals surface area (Å²) in [4.78, 5) is 0. The first kappa shape index (κ1) is 13.0. The van der Waals surface area contributed by atoms with Crippen molar-refractivity contribution in [2.24, 2.45) is 5.92 Å². The number of methoxy groups -OCH3 is 1. The highest BCUT2D eigenvalue weighted by molar-refractivity contribution is 5.27. The highest BCUT2D eigenvalue weighted by Crippen LogP contribution is 2.31. The van der Waals surface area contributed by atoms with Gasteiger partial charge in [0.25, 0.3) is 0 Å². The van der Waals surface area contributed by atoms with Crippen molar-refractivity contribution in [3.05, 3.63) is 11.9 Å². The molecule has 1 N–H and O–H groups in total. The molecule has 2 unspecified atom stereocenters. The maximum Gasteiger partial charge on any atom is 0.162 e. The number of aliphatic hydroxyl groups is 1. The predicted molar refractivity (Wildman–Crippen MR) is 63.5 cm³/mol. The first-order valence-electron chi connectivity index (χ1n) is 5.93. The highest BCUT2D eigenvalue weighted by atomic mass is 16.5. The highest BCUT2D eigenvalue weighted by Gasteiger charge is 2.23. The zero-order chi connectivity index (χ0) is 12.1. The van der Waals surface area contributed by atoms with E-state index in [0.29, 0.717) is 5.75 Å². The van der Waals surface area contributed by atoms with Crippen molar-refractivity contribution in [2.45, 2.75) is 46.3 Å². The summed E-state index contributed by atoms with van der Waals surface area (Å²) >= 11 is 0. The number of rotatable bonds is 6. The van der Waals surface area contributed by atoms with Crippen LogP contribution < -0.4 is 4.74 Å². The number of aliphatic hydroxyl groups excluding tert-OH is 1. The van der Waals surface area contributed by atoms with Gasteiger partial charge < -0.3 is 9.84 Å². The van der Waals surface area contributed by atoms with Crippen LogP contribution in [0, 0.1) is 5.92 Å². The van der Waals surface area contributed by atoms with Gasteiger partial charge in [-0.15, -0.1) is 0 Å². The summed E-state index contributed by atoms with van der Waals surface area (Å²) in [5.41, 5.74) is 0.797. The van der Waals surface area contributed by atoms with E-state index in [4.69, 9.17) is 4.74 Å². The minimum atomic E-state index is -0.502. The van der Waals surface area contributed by atoms with E-state index in [1.165, 1.54) is 0 Å². The van der Waals surface area contributed by atoms with Crippen molar-refractivity contribution >= 4 is 0 Å². The smallest absolute Gasteiger partial charge is 0.162 e. The minimum Gasteiger partial charge on any atom is -0.493 e. The molecule has 0 amide bonds. The van der Waals surface area contributed by atoms with E-state index in [-0.39, 0.29) is 5.92 Å². The Morgan fingerprint density at radius 3 is 2.69 bits per heavy atom. The van der Waals surface area contributed by atoms with E-state index in [1.54, 1.807) is 18.0 Å². The van der Waals surface area contributed by atoms with Gasteiger partial charge in [-0.2, -0.15) is 5.10 Å². The molecule has 0 aliphatic carbocycles. The molecule has 0 spiro atoms. The van der Waals surface area contributed by atoms with E-state index < -0.39 is 6.10 Å². The number of aryl methyl sites for hydroxylation is 1. The molecule has 1 aromatic rings. The molecule has 0 aliphatic rings. The summed E-state index contributed by atoms with van der Waals surface area (Å²) in [5, 5.41) is 14.5. The van der Waals surface area contributed by atoms with Gasteiger partial charge in [-0.05, 0) is 19.3 Å². The molecule has 0 saturated heterocycles. The zero-order valence-corrected chi connectivity index (χ0v) is 10.6. The van der Waals surface area contributed by atoms with Crippen molar-refractivity contribution in [3.8, 4) is 5.75 Å². The number of hydrogen-bond donors (Lipinski definition) is 1. The van der Waals surface area contributed by atoms with Crippen LogP contribution in [0.4, 0.5) is 0 Å². The van der Waals surface area contributed by atoms with Gasteiger partial charge in [-0.25, -0.2) is 0 Å². The van der Waals surface area contributed by atoms with Gasteiger partial charge in [0, 0.05) is 6.54 Å². The molecular formula is C12H22N2O2. The number of ether oxygens (including phenoxy) is 1. The second-order valence-corrected chi connectivity index (χ2v) is 4.12. The Bertz CT molecular complexity index is 301. The van der Waals surface area contributed by atoms with Crippen LogP contribution in [0.25, 0.3) is 0 Å². The van der Waals surface area contributed by atoms with Crippen molar-refractivity contribution in [3.63, 3.8) is 0 Å². The van der Waals surface area contributed by atoms with E-state index >= 15 is 0 Å². The average molecular weight is 226 g/mol. The van der Waals surface area contributed by atoms with Crippen LogP contribution in [0.1, 0.15) is 45.4 Å². The molecule has 1 aromatic heterocycles. The minimum absolute atomic E-state index is 0.223. The molecule has 0 fully saturated rings. The Morgan fingerprint density at radius 1 is 1.50 bits per heavy atom. The third-order valence-electron chi connectivity index (χ3n) is 2.93. The van der Waals surface area contributed by atoms with Crippen molar-refractivity contribution in [2.75, 3.05) is 7.11 Å². The summed E-state index contributed by atoms with van der Waals surface area (Å²) in [6.07, 6.45) is 3.23. The Morgan fingerprint density at radius 2 is 2.19 bits per heavy atom. The molecule has 4 nitrogen and oxygen atoms in total. The number of nitrogens with zero attached hydrogens (tertiary/aromatic N) is 2. The third kappa shape index (κ3) is 2.55. The van der Waals surface area contributed by atoms with Gasteiger partial charge in [0.05, 0.1) is 13.3 Å². The Hall–Kier alpha value is -1.03. The normalized spacial score (nSPS) is 14.8. The van der Waals surface area contributed by atoms with Gasteiger partial charge in [0.1, 0.15) is 11.8 Å². The van der Waals surface area contributed by atoms with Crippen LogP contribution in [0.5, 0.6) is 5.75 Å². The molecule has 1 rings (SSSR count). The van der Waals surface area contributed by atoms with E-state index in [9.17, 15) is 5.11 Å². The van der Waals surface area contributed by atoms with Crippen LogP contribution in [0.2, 0.25) is 0 Å². The molecule has 92 valence electrons. The van der Waals surface area contributed by atoms with Crippen LogP contribution in [0.3, 0.4) is 0 Å². The van der Waals surface area contributed by atoms with Crippen LogP contribution in [0.15, 0.2) is 6.20 Å². The first-order valence-corrected chi connectivity index (χ1v) is 5.93. The zero-order valence-electron chi connectivity index (χ0n) is 10.6. The lowest BCUT2D eigenvalue weighted by atomic mass is 9.96. The van der Waals surface area contributed by atoms with Crippen LogP contribution in [-0.4, -0.2) is 22.0 Å². The quantitative estimate of drug-likeness (QED) is 0.810. The Balaban J connectivity index is 2.95. The largest absolute Gasteiger partial charge is 0.493 e. The van der Waals surface area contributed by atoms with Crippen LogP contribution in [-0.2, 0) is 6.54 Å². The van der Waals surface area contributed by atoms with Gasteiger partial charge in [0.15, 0.2) is 5.75 Å². The van der Waals surface area contributed by atoms with Gasteiger partial charge in [-0.3, -0.25) is 4.68 Å². The summed E-state index contributed by atoms with van der Waals surface area (Å²) < 4.78 is 7.04. The topological polar surface area (TPSA) is 47.3 Å². The van der Waals surface area contributed by atoms with Gasteiger partial charge >= 0.3 is 0 Å². The molecular weight excluding hydrogens is 204 g/mol. The standard InChI is InChI=1S/C12H22N2O2/c1-5-7-9(3)12(15)11-10(16-4)8-13-14(11)6-2/h8-9,12,15H,5-7H2,1-4H3.